The van der Waals surface area contributed by atoms with Gasteiger partial charge in [-0.3, -0.25) is 14.5 Å². The van der Waals surface area contributed by atoms with Gasteiger partial charge in [0, 0.05) is 22.4 Å². The molecule has 35 heavy (non-hydrogen) atoms. The van der Waals surface area contributed by atoms with E-state index in [0.29, 0.717) is 22.8 Å². The smallest absolute Gasteiger partial charge is 0.352 e. The number of nitrogens with zero attached hydrogens (tertiary/aromatic N) is 4. The second-order valence-corrected chi connectivity index (χ2v) is 12.7. The zero-order chi connectivity index (χ0) is 24.4. The SMILES string of the molecule is CCSc1nnc(SCC2=C(C(=O)O)N3C(=O)C(NC(=O)/C(=C/Cl)c4csc(N)n4)[C@H]3SC2)s1.Cl. The first kappa shape index (κ1) is 28.1. The third kappa shape index (κ3) is 5.92. The molecule has 2 aromatic heterocycles. The number of hydrogen-bond acceptors (Lipinski definition) is 12. The van der Waals surface area contributed by atoms with Crippen molar-refractivity contribution in [2.24, 2.45) is 0 Å². The van der Waals surface area contributed by atoms with E-state index < -0.39 is 29.2 Å². The first-order valence-electron chi connectivity index (χ1n) is 9.65. The Kier molecular flexibility index (Phi) is 9.76. The second-order valence-electron chi connectivity index (χ2n) is 6.77. The number of fused-ring (bicyclic) bond motifs is 1. The summed E-state index contributed by atoms with van der Waals surface area (Å²) < 4.78 is 1.60. The van der Waals surface area contributed by atoms with Crippen LogP contribution >= 0.6 is 82.0 Å². The predicted molar refractivity (Wildman–Crippen MR) is 144 cm³/mol. The highest BCUT2D eigenvalue weighted by molar-refractivity contribution is 8.03. The number of carbonyl (C=O) groups is 3. The maximum atomic E-state index is 12.9. The standard InChI is InChI=1S/C18H17ClN6O4S5.ClH/c1-2-30-17-23-24-18(34-17)33-5-7-4-31-14-10(13(27)25(14)11(7)15(28)29)22-12(26)8(3-19)9-6-32-16(20)21-9;/h3,6,10,14H,2,4-5H2,1H3,(H2,20,21)(H,22,26)(H,28,29);1H/b8-3+;/t10?,14-;/m1./s1. The van der Waals surface area contributed by atoms with Crippen LogP contribution in [0.25, 0.3) is 5.57 Å². The second kappa shape index (κ2) is 12.2. The van der Waals surface area contributed by atoms with Gasteiger partial charge in [-0.2, -0.15) is 0 Å². The van der Waals surface area contributed by atoms with Crippen molar-refractivity contribution in [1.82, 2.24) is 25.4 Å². The average Bonchev–Trinajstić information content (AvgIpc) is 3.44. The molecule has 4 heterocycles. The van der Waals surface area contributed by atoms with Gasteiger partial charge >= 0.3 is 5.97 Å². The van der Waals surface area contributed by atoms with Crippen molar-refractivity contribution in [1.29, 1.82) is 0 Å². The number of anilines is 1. The molecule has 10 nitrogen and oxygen atoms in total. The molecule has 2 aromatic rings. The maximum absolute atomic E-state index is 12.9. The molecule has 2 atom stereocenters. The van der Waals surface area contributed by atoms with E-state index in [0.717, 1.165) is 31.3 Å². The summed E-state index contributed by atoms with van der Waals surface area (Å²) in [6.45, 7) is 2.03. The Hall–Kier alpha value is -1.49. The lowest BCUT2D eigenvalue weighted by Crippen LogP contribution is -2.70. The topological polar surface area (TPSA) is 151 Å². The van der Waals surface area contributed by atoms with Crippen LogP contribution in [0.1, 0.15) is 12.6 Å². The first-order chi connectivity index (χ1) is 16.3. The number of nitrogens with one attached hydrogen (secondary N) is 1. The van der Waals surface area contributed by atoms with Crippen LogP contribution in [0, 0.1) is 0 Å². The van der Waals surface area contributed by atoms with Crippen LogP contribution in [0.5, 0.6) is 0 Å². The molecular weight excluding hydrogens is 595 g/mol. The Labute approximate surface area is 232 Å². The number of halogens is 2. The van der Waals surface area contributed by atoms with Crippen LogP contribution in [-0.2, 0) is 14.4 Å². The van der Waals surface area contributed by atoms with Crippen LogP contribution in [0.4, 0.5) is 5.13 Å². The minimum atomic E-state index is -1.18. The number of carbonyl (C=O) groups excluding carboxylic acids is 2. The van der Waals surface area contributed by atoms with E-state index in [1.54, 1.807) is 17.1 Å². The number of nitrogens with two attached hydrogens (primary N) is 1. The lowest BCUT2D eigenvalue weighted by Gasteiger charge is -2.49. The van der Waals surface area contributed by atoms with Gasteiger partial charge in [-0.15, -0.1) is 45.7 Å². The number of β-lactam (4-membered cyclic amide) rings is 1. The highest BCUT2D eigenvalue weighted by Crippen LogP contribution is 2.42. The minimum Gasteiger partial charge on any atom is -0.477 e. The highest BCUT2D eigenvalue weighted by Gasteiger charge is 2.54. The zero-order valence-corrected chi connectivity index (χ0v) is 23.5. The third-order valence-electron chi connectivity index (χ3n) is 4.71. The van der Waals surface area contributed by atoms with Crippen molar-refractivity contribution in [3.63, 3.8) is 0 Å². The fourth-order valence-corrected chi connectivity index (χ4v) is 8.41. The Morgan fingerprint density at radius 3 is 2.69 bits per heavy atom. The zero-order valence-electron chi connectivity index (χ0n) is 17.8. The molecule has 17 heteroatoms. The molecule has 1 fully saturated rings. The van der Waals surface area contributed by atoms with Crippen molar-refractivity contribution < 1.29 is 19.5 Å². The summed E-state index contributed by atoms with van der Waals surface area (Å²) in [5.41, 5.74) is 7.66. The molecule has 4 rings (SSSR count). The Morgan fingerprint density at radius 1 is 1.37 bits per heavy atom. The number of thiazole rings is 1. The third-order valence-corrected chi connectivity index (χ3v) is 10.1. The summed E-state index contributed by atoms with van der Waals surface area (Å²) in [5.74, 6) is -0.588. The van der Waals surface area contributed by atoms with Crippen molar-refractivity contribution in [2.75, 3.05) is 23.0 Å². The fourth-order valence-electron chi connectivity index (χ4n) is 3.23. The predicted octanol–water partition coefficient (Wildman–Crippen LogP) is 3.22. The molecule has 1 saturated heterocycles. The van der Waals surface area contributed by atoms with Crippen LogP contribution in [0.3, 0.4) is 0 Å². The molecule has 188 valence electrons. The fraction of sp³-hybridized carbons (Fsp3) is 0.333. The monoisotopic (exact) mass is 612 g/mol. The molecule has 0 radical (unpaired) electrons. The highest BCUT2D eigenvalue weighted by atomic mass is 35.5. The summed E-state index contributed by atoms with van der Waals surface area (Å²) in [5, 5.41) is 22.1. The Bertz CT molecular complexity index is 1200. The Morgan fingerprint density at radius 2 is 2.09 bits per heavy atom. The van der Waals surface area contributed by atoms with E-state index >= 15 is 0 Å². The van der Waals surface area contributed by atoms with Gasteiger partial charge in [0.1, 0.15) is 17.1 Å². The van der Waals surface area contributed by atoms with E-state index in [1.165, 1.54) is 39.8 Å². The lowest BCUT2D eigenvalue weighted by atomic mass is 10.0. The maximum Gasteiger partial charge on any atom is 0.352 e. The van der Waals surface area contributed by atoms with E-state index in [4.69, 9.17) is 17.3 Å². The largest absolute Gasteiger partial charge is 0.477 e. The molecular formula is C18H18Cl2N6O4S5. The van der Waals surface area contributed by atoms with Crippen LogP contribution < -0.4 is 11.1 Å². The summed E-state index contributed by atoms with van der Waals surface area (Å²) >= 11 is 12.8. The van der Waals surface area contributed by atoms with E-state index in [9.17, 15) is 19.5 Å². The van der Waals surface area contributed by atoms with Crippen molar-refractivity contribution in [2.45, 2.75) is 27.0 Å². The van der Waals surface area contributed by atoms with E-state index in [1.807, 2.05) is 6.92 Å². The van der Waals surface area contributed by atoms with Gasteiger partial charge in [0.05, 0.1) is 11.3 Å². The van der Waals surface area contributed by atoms with E-state index in [-0.39, 0.29) is 28.8 Å². The van der Waals surface area contributed by atoms with Gasteiger partial charge in [-0.25, -0.2) is 9.78 Å². The van der Waals surface area contributed by atoms with Crippen LogP contribution in [0.15, 0.2) is 30.9 Å². The first-order valence-corrected chi connectivity index (χ1v) is 14.8. The van der Waals surface area contributed by atoms with Crippen molar-refractivity contribution in [3.05, 3.63) is 27.9 Å². The molecule has 0 bridgehead atoms. The quantitative estimate of drug-likeness (QED) is 0.217. The average molecular weight is 614 g/mol. The summed E-state index contributed by atoms with van der Waals surface area (Å²) in [7, 11) is 0. The summed E-state index contributed by atoms with van der Waals surface area (Å²) in [6.07, 6.45) is 0. The molecule has 1 unspecified atom stereocenters. The molecule has 0 aliphatic carbocycles. The normalized spacial score (nSPS) is 19.7. The summed E-state index contributed by atoms with van der Waals surface area (Å²) in [6, 6.07) is -0.875. The molecule has 0 saturated carbocycles. The number of thioether (sulfide) groups is 3. The number of aliphatic carboxylic acids is 1. The van der Waals surface area contributed by atoms with Crippen molar-refractivity contribution >= 4 is 110 Å². The van der Waals surface area contributed by atoms with Gasteiger partial charge in [0.25, 0.3) is 11.8 Å². The van der Waals surface area contributed by atoms with E-state index in [2.05, 4.69) is 20.5 Å². The molecule has 2 aliphatic heterocycles. The Balaban J connectivity index is 0.00000342. The molecule has 0 spiro atoms. The van der Waals surface area contributed by atoms with Gasteiger partial charge < -0.3 is 16.2 Å². The van der Waals surface area contributed by atoms with Gasteiger partial charge in [-0.1, -0.05) is 53.4 Å². The van der Waals surface area contributed by atoms with Crippen LogP contribution in [0.2, 0.25) is 0 Å². The molecule has 0 aromatic carbocycles. The molecule has 4 N–H and O–H groups in total. The minimum absolute atomic E-state index is 0. The van der Waals surface area contributed by atoms with Gasteiger partial charge in [0.2, 0.25) is 0 Å². The number of aromatic nitrogens is 3. The number of carboxylic acid groups (broad SMARTS) is 1. The number of nitrogen functional groups attached to an aromatic ring is 1. The van der Waals surface area contributed by atoms with Crippen LogP contribution in [-0.4, -0.2) is 71.6 Å². The molecule has 2 aliphatic rings. The molecule has 2 amide bonds. The van der Waals surface area contributed by atoms with Gasteiger partial charge in [-0.05, 0) is 11.3 Å². The number of carboxylic acids is 1. The number of amides is 2. The number of rotatable bonds is 9. The lowest BCUT2D eigenvalue weighted by molar-refractivity contribution is -0.150. The van der Waals surface area contributed by atoms with Crippen molar-refractivity contribution in [3.8, 4) is 0 Å². The number of hydrogen-bond donors (Lipinski definition) is 3. The summed E-state index contributed by atoms with van der Waals surface area (Å²) in [4.78, 5) is 42.9. The van der Waals surface area contributed by atoms with Gasteiger partial charge in [0.15, 0.2) is 13.8 Å².